The van der Waals surface area contributed by atoms with Crippen molar-refractivity contribution in [2.45, 2.75) is 25.3 Å². The van der Waals surface area contributed by atoms with E-state index in [1.165, 1.54) is 13.2 Å². The molecular weight excluding hydrogens is 368 g/mol. The lowest BCUT2D eigenvalue weighted by Crippen LogP contribution is -2.26. The lowest BCUT2D eigenvalue weighted by atomic mass is 10.1. The van der Waals surface area contributed by atoms with Crippen molar-refractivity contribution < 1.29 is 19.1 Å². The van der Waals surface area contributed by atoms with E-state index in [-0.39, 0.29) is 17.8 Å². The maximum atomic E-state index is 12.6. The molecule has 4 rings (SSSR count). The smallest absolute Gasteiger partial charge is 0.337 e. The van der Waals surface area contributed by atoms with Crippen molar-refractivity contribution >= 4 is 29.5 Å². The van der Waals surface area contributed by atoms with Crippen molar-refractivity contribution in [1.82, 2.24) is 5.32 Å². The lowest BCUT2D eigenvalue weighted by Gasteiger charge is -2.15. The second-order valence-electron chi connectivity index (χ2n) is 7.28. The number of carbonyl (C=O) groups is 3. The minimum Gasteiger partial charge on any atom is -0.465 e. The van der Waals surface area contributed by atoms with Crippen molar-refractivity contribution in [3.8, 4) is 0 Å². The number of hydrogen-bond acceptors (Lipinski definition) is 4. The minimum absolute atomic E-state index is 0.0564. The summed E-state index contributed by atoms with van der Waals surface area (Å²) in [5.41, 5.74) is 3.74. The van der Waals surface area contributed by atoms with Crippen LogP contribution in [0.4, 0.5) is 5.69 Å². The normalized spacial score (nSPS) is 15.3. The summed E-state index contributed by atoms with van der Waals surface area (Å²) in [7, 11) is 1.35. The fraction of sp³-hybridized carbons (Fsp3) is 0.261. The highest BCUT2D eigenvalue weighted by Crippen LogP contribution is 2.29. The first kappa shape index (κ1) is 18.9. The van der Waals surface area contributed by atoms with Gasteiger partial charge < -0.3 is 15.0 Å². The first-order valence-corrected chi connectivity index (χ1v) is 9.67. The summed E-state index contributed by atoms with van der Waals surface area (Å²) >= 11 is 0. The van der Waals surface area contributed by atoms with Crippen molar-refractivity contribution in [2.24, 2.45) is 0 Å². The summed E-state index contributed by atoms with van der Waals surface area (Å²) in [5, 5.41) is 2.95. The molecule has 148 valence electrons. The van der Waals surface area contributed by atoms with Gasteiger partial charge in [0.05, 0.1) is 12.7 Å². The minimum atomic E-state index is -0.383. The number of methoxy groups -OCH3 is 1. The van der Waals surface area contributed by atoms with Crippen LogP contribution in [0.2, 0.25) is 0 Å². The first-order valence-electron chi connectivity index (χ1n) is 9.67. The van der Waals surface area contributed by atoms with Crippen LogP contribution in [-0.2, 0) is 16.0 Å². The first-order chi connectivity index (χ1) is 14.0. The SMILES string of the molecule is COC(=O)c1ccc2c(c1)CCN2C(=O)/C=C/c1ccc(C(=O)NC2CC2)cc1. The molecule has 1 saturated carbocycles. The fourth-order valence-corrected chi connectivity index (χ4v) is 3.37. The third-order valence-corrected chi connectivity index (χ3v) is 5.17. The number of fused-ring (bicyclic) bond motifs is 1. The molecule has 1 fully saturated rings. The van der Waals surface area contributed by atoms with Crippen molar-refractivity contribution in [2.75, 3.05) is 18.6 Å². The largest absolute Gasteiger partial charge is 0.465 e. The van der Waals surface area contributed by atoms with Gasteiger partial charge in [0.2, 0.25) is 0 Å². The quantitative estimate of drug-likeness (QED) is 0.629. The van der Waals surface area contributed by atoms with Crippen molar-refractivity contribution in [3.63, 3.8) is 0 Å². The van der Waals surface area contributed by atoms with Crippen molar-refractivity contribution in [1.29, 1.82) is 0 Å². The molecule has 0 spiro atoms. The molecule has 0 radical (unpaired) electrons. The highest BCUT2D eigenvalue weighted by atomic mass is 16.5. The molecule has 0 bridgehead atoms. The van der Waals surface area contributed by atoms with Gasteiger partial charge in [-0.25, -0.2) is 4.79 Å². The predicted molar refractivity (Wildman–Crippen MR) is 110 cm³/mol. The van der Waals surface area contributed by atoms with E-state index in [9.17, 15) is 14.4 Å². The van der Waals surface area contributed by atoms with Crippen LogP contribution in [0.3, 0.4) is 0 Å². The Morgan fingerprint density at radius 2 is 1.79 bits per heavy atom. The van der Waals surface area contributed by atoms with Gasteiger partial charge in [0, 0.05) is 29.9 Å². The van der Waals surface area contributed by atoms with Crippen LogP contribution in [0.15, 0.2) is 48.5 Å². The molecule has 1 aliphatic heterocycles. The molecule has 2 aromatic rings. The number of carbonyl (C=O) groups excluding carboxylic acids is 3. The summed E-state index contributed by atoms with van der Waals surface area (Å²) < 4.78 is 4.75. The zero-order chi connectivity index (χ0) is 20.4. The number of esters is 1. The molecule has 1 aliphatic carbocycles. The van der Waals surface area contributed by atoms with Gasteiger partial charge in [-0.15, -0.1) is 0 Å². The van der Waals surface area contributed by atoms with Crippen LogP contribution in [0.5, 0.6) is 0 Å². The van der Waals surface area contributed by atoms with E-state index in [0.29, 0.717) is 30.1 Å². The molecule has 1 N–H and O–H groups in total. The summed E-state index contributed by atoms with van der Waals surface area (Å²) in [6, 6.07) is 12.7. The Morgan fingerprint density at radius 3 is 2.48 bits per heavy atom. The molecule has 2 amide bonds. The Balaban J connectivity index is 1.41. The molecule has 0 aromatic heterocycles. The second-order valence-corrected chi connectivity index (χ2v) is 7.28. The Hall–Kier alpha value is -3.41. The van der Waals surface area contributed by atoms with Gasteiger partial charge in [-0.05, 0) is 66.8 Å². The number of amides is 2. The van der Waals surface area contributed by atoms with E-state index in [2.05, 4.69) is 5.32 Å². The second kappa shape index (κ2) is 7.91. The van der Waals surface area contributed by atoms with Crippen LogP contribution in [0.1, 0.15) is 44.7 Å². The third-order valence-electron chi connectivity index (χ3n) is 5.17. The Morgan fingerprint density at radius 1 is 1.07 bits per heavy atom. The predicted octanol–water partition coefficient (Wildman–Crippen LogP) is 2.97. The summed E-state index contributed by atoms with van der Waals surface area (Å²) in [6.07, 6.45) is 6.08. The number of nitrogens with zero attached hydrogens (tertiary/aromatic N) is 1. The Bertz CT molecular complexity index is 990. The average Bonchev–Trinajstić information content (AvgIpc) is 3.46. The molecule has 0 unspecified atom stereocenters. The Labute approximate surface area is 169 Å². The maximum absolute atomic E-state index is 12.6. The monoisotopic (exact) mass is 390 g/mol. The summed E-state index contributed by atoms with van der Waals surface area (Å²) in [5.74, 6) is -0.559. The van der Waals surface area contributed by atoms with Crippen LogP contribution < -0.4 is 10.2 Å². The van der Waals surface area contributed by atoms with Gasteiger partial charge in [0.25, 0.3) is 11.8 Å². The molecule has 1 heterocycles. The zero-order valence-electron chi connectivity index (χ0n) is 16.2. The number of benzene rings is 2. The summed E-state index contributed by atoms with van der Waals surface area (Å²) in [4.78, 5) is 38.0. The molecular formula is C23H22N2O4. The number of anilines is 1. The van der Waals surface area contributed by atoms with Crippen LogP contribution >= 0.6 is 0 Å². The van der Waals surface area contributed by atoms with E-state index >= 15 is 0 Å². The topological polar surface area (TPSA) is 75.7 Å². The number of hydrogen-bond donors (Lipinski definition) is 1. The molecule has 2 aromatic carbocycles. The van der Waals surface area contributed by atoms with E-state index in [4.69, 9.17) is 4.74 Å². The van der Waals surface area contributed by atoms with Gasteiger partial charge in [-0.3, -0.25) is 9.59 Å². The van der Waals surface area contributed by atoms with Crippen LogP contribution in [-0.4, -0.2) is 37.5 Å². The van der Waals surface area contributed by atoms with E-state index in [1.807, 2.05) is 12.1 Å². The third kappa shape index (κ3) is 4.21. The van der Waals surface area contributed by atoms with Gasteiger partial charge >= 0.3 is 5.97 Å². The lowest BCUT2D eigenvalue weighted by molar-refractivity contribution is -0.114. The highest BCUT2D eigenvalue weighted by Gasteiger charge is 2.25. The standard InChI is InChI=1S/C23H22N2O4/c1-29-23(28)18-7-10-20-17(14-18)12-13-25(20)21(26)11-4-15-2-5-16(6-3-15)22(27)24-19-8-9-19/h2-7,10-11,14,19H,8-9,12-13H2,1H3,(H,24,27)/b11-4+. The van der Waals surface area contributed by atoms with E-state index in [1.54, 1.807) is 41.3 Å². The molecule has 29 heavy (non-hydrogen) atoms. The van der Waals surface area contributed by atoms with Crippen LogP contribution in [0, 0.1) is 0 Å². The number of ether oxygens (including phenoxy) is 1. The zero-order valence-corrected chi connectivity index (χ0v) is 16.2. The van der Waals surface area contributed by atoms with Gasteiger partial charge in [0.1, 0.15) is 0 Å². The van der Waals surface area contributed by atoms with Crippen LogP contribution in [0.25, 0.3) is 6.08 Å². The maximum Gasteiger partial charge on any atom is 0.337 e. The van der Waals surface area contributed by atoms with E-state index < -0.39 is 0 Å². The average molecular weight is 390 g/mol. The van der Waals surface area contributed by atoms with Crippen molar-refractivity contribution in [3.05, 3.63) is 70.8 Å². The number of rotatable bonds is 5. The fourth-order valence-electron chi connectivity index (χ4n) is 3.37. The van der Waals surface area contributed by atoms with Gasteiger partial charge in [-0.2, -0.15) is 0 Å². The Kier molecular flexibility index (Phi) is 5.16. The number of nitrogens with one attached hydrogen (secondary N) is 1. The van der Waals surface area contributed by atoms with Gasteiger partial charge in [-0.1, -0.05) is 12.1 Å². The summed E-state index contributed by atoms with van der Waals surface area (Å²) in [6.45, 7) is 0.573. The molecule has 2 aliphatic rings. The van der Waals surface area contributed by atoms with E-state index in [0.717, 1.165) is 29.7 Å². The molecule has 0 atom stereocenters. The molecule has 6 nitrogen and oxygen atoms in total. The molecule has 0 saturated heterocycles. The van der Waals surface area contributed by atoms with Gasteiger partial charge in [0.15, 0.2) is 0 Å². The highest BCUT2D eigenvalue weighted by molar-refractivity contribution is 6.05. The molecule has 6 heteroatoms.